The molecule has 148 valence electrons. The van der Waals surface area contributed by atoms with Gasteiger partial charge in [0.1, 0.15) is 5.82 Å². The first-order valence-corrected chi connectivity index (χ1v) is 9.76. The number of halogens is 1. The zero-order valence-electron chi connectivity index (χ0n) is 16.2. The van der Waals surface area contributed by atoms with Crippen molar-refractivity contribution >= 4 is 22.8 Å². The third-order valence-electron chi connectivity index (χ3n) is 5.37. The average molecular weight is 385 g/mol. The number of unbranched alkanes of at least 4 members (excludes halogenated alkanes) is 3. The second-order valence-electron chi connectivity index (χ2n) is 7.22. The highest BCUT2D eigenvalue weighted by atomic mass is 19.1. The van der Waals surface area contributed by atoms with E-state index in [1.165, 1.54) is 21.3 Å². The zero-order valence-corrected chi connectivity index (χ0v) is 16.2. The van der Waals surface area contributed by atoms with Crippen molar-refractivity contribution in [3.63, 3.8) is 0 Å². The minimum atomic E-state index is -0.334. The molecule has 0 aliphatic carbocycles. The van der Waals surface area contributed by atoms with Crippen LogP contribution in [0.15, 0.2) is 33.9 Å². The summed E-state index contributed by atoms with van der Waals surface area (Å²) in [5.74, 6) is 0.308. The number of aryl methyl sites for hydroxylation is 1. The third kappa shape index (κ3) is 2.93. The van der Waals surface area contributed by atoms with Gasteiger partial charge in [-0.05, 0) is 30.7 Å². The van der Waals surface area contributed by atoms with Gasteiger partial charge in [-0.3, -0.25) is 13.9 Å². The van der Waals surface area contributed by atoms with Crippen LogP contribution < -0.4 is 16.1 Å². The lowest BCUT2D eigenvalue weighted by Gasteiger charge is -2.15. The molecule has 0 bridgehead atoms. The van der Waals surface area contributed by atoms with Crippen LogP contribution in [0.4, 0.5) is 16.0 Å². The molecule has 8 heteroatoms. The lowest BCUT2D eigenvalue weighted by atomic mass is 10.2. The summed E-state index contributed by atoms with van der Waals surface area (Å²) in [5.41, 5.74) is 1.03. The summed E-state index contributed by atoms with van der Waals surface area (Å²) >= 11 is 0. The fraction of sp³-hybridized carbons (Fsp3) is 0.450. The molecule has 1 aromatic carbocycles. The van der Waals surface area contributed by atoms with Crippen molar-refractivity contribution in [3.8, 4) is 0 Å². The molecule has 28 heavy (non-hydrogen) atoms. The van der Waals surface area contributed by atoms with Gasteiger partial charge in [-0.2, -0.15) is 4.98 Å². The van der Waals surface area contributed by atoms with Gasteiger partial charge in [-0.25, -0.2) is 9.18 Å². The standard InChI is InChI=1S/C20H24FN5O2/c1-3-4-5-6-11-26-18(27)16-17(23(2)20(26)28)22-19-24(12-13-25(16)19)15-9-7-14(21)8-10-15/h7-10H,3-6,11-13H2,1-2H3. The van der Waals surface area contributed by atoms with E-state index in [-0.39, 0.29) is 17.1 Å². The summed E-state index contributed by atoms with van der Waals surface area (Å²) in [7, 11) is 1.65. The molecule has 0 unspecified atom stereocenters. The fourth-order valence-corrected chi connectivity index (χ4v) is 3.84. The maximum atomic E-state index is 13.3. The first kappa shape index (κ1) is 18.5. The molecule has 7 nitrogen and oxygen atoms in total. The minimum absolute atomic E-state index is 0.283. The molecule has 0 N–H and O–H groups in total. The van der Waals surface area contributed by atoms with E-state index in [0.29, 0.717) is 36.7 Å². The Morgan fingerprint density at radius 2 is 1.82 bits per heavy atom. The summed E-state index contributed by atoms with van der Waals surface area (Å²) in [6.45, 7) is 3.78. The minimum Gasteiger partial charge on any atom is -0.310 e. The van der Waals surface area contributed by atoms with E-state index in [1.807, 2.05) is 9.47 Å². The van der Waals surface area contributed by atoms with Crippen LogP contribution >= 0.6 is 0 Å². The summed E-state index contributed by atoms with van der Waals surface area (Å²) in [6, 6.07) is 6.18. The zero-order chi connectivity index (χ0) is 19.8. The van der Waals surface area contributed by atoms with Crippen molar-refractivity contribution in [1.82, 2.24) is 18.7 Å². The van der Waals surface area contributed by atoms with Crippen LogP contribution in [0.3, 0.4) is 0 Å². The highest BCUT2D eigenvalue weighted by molar-refractivity contribution is 5.77. The summed E-state index contributed by atoms with van der Waals surface area (Å²) in [4.78, 5) is 32.3. The molecule has 1 aliphatic heterocycles. The number of nitrogens with zero attached hydrogens (tertiary/aromatic N) is 5. The Labute approximate surface area is 161 Å². The first-order valence-electron chi connectivity index (χ1n) is 9.76. The molecule has 3 aromatic rings. The molecule has 0 saturated heterocycles. The molecular weight excluding hydrogens is 361 g/mol. The molecule has 0 amide bonds. The fourth-order valence-electron chi connectivity index (χ4n) is 3.84. The summed E-state index contributed by atoms with van der Waals surface area (Å²) < 4.78 is 17.9. The second-order valence-corrected chi connectivity index (χ2v) is 7.22. The van der Waals surface area contributed by atoms with Gasteiger partial charge in [0, 0.05) is 32.4 Å². The summed E-state index contributed by atoms with van der Waals surface area (Å²) in [5, 5.41) is 0. The van der Waals surface area contributed by atoms with E-state index in [1.54, 1.807) is 19.2 Å². The van der Waals surface area contributed by atoms with E-state index in [4.69, 9.17) is 0 Å². The van der Waals surface area contributed by atoms with Crippen molar-refractivity contribution < 1.29 is 4.39 Å². The van der Waals surface area contributed by atoms with E-state index in [0.717, 1.165) is 31.4 Å². The number of anilines is 2. The number of fused-ring (bicyclic) bond motifs is 3. The van der Waals surface area contributed by atoms with Crippen molar-refractivity contribution in [3.05, 3.63) is 50.9 Å². The van der Waals surface area contributed by atoms with Gasteiger partial charge in [0.15, 0.2) is 11.2 Å². The molecule has 0 radical (unpaired) electrons. The largest absolute Gasteiger partial charge is 0.332 e. The topological polar surface area (TPSA) is 65.1 Å². The predicted octanol–water partition coefficient (Wildman–Crippen LogP) is 2.77. The van der Waals surface area contributed by atoms with Crippen molar-refractivity contribution in [2.24, 2.45) is 7.05 Å². The van der Waals surface area contributed by atoms with Gasteiger partial charge in [0.05, 0.1) is 0 Å². The maximum absolute atomic E-state index is 13.3. The molecule has 2 aromatic heterocycles. The molecule has 4 rings (SSSR count). The Morgan fingerprint density at radius 3 is 2.54 bits per heavy atom. The molecule has 0 fully saturated rings. The van der Waals surface area contributed by atoms with E-state index in [2.05, 4.69) is 11.9 Å². The normalized spacial score (nSPS) is 13.5. The quantitative estimate of drug-likeness (QED) is 0.612. The number of imidazole rings is 1. The van der Waals surface area contributed by atoms with E-state index in [9.17, 15) is 14.0 Å². The monoisotopic (exact) mass is 385 g/mol. The van der Waals surface area contributed by atoms with E-state index >= 15 is 0 Å². The lowest BCUT2D eigenvalue weighted by Crippen LogP contribution is -2.39. The lowest BCUT2D eigenvalue weighted by molar-refractivity contribution is 0.538. The highest BCUT2D eigenvalue weighted by Gasteiger charge is 2.28. The SMILES string of the molecule is CCCCCCn1c(=O)c2c(nc3n2CCN3c2ccc(F)cc2)n(C)c1=O. The molecule has 3 heterocycles. The Bertz CT molecular complexity index is 1130. The van der Waals surface area contributed by atoms with Crippen molar-refractivity contribution in [2.75, 3.05) is 11.4 Å². The second kappa shape index (κ2) is 7.26. The number of aromatic nitrogens is 4. The van der Waals surface area contributed by atoms with Gasteiger partial charge in [0.25, 0.3) is 5.56 Å². The van der Waals surface area contributed by atoms with Crippen LogP contribution in [-0.2, 0) is 20.1 Å². The first-order chi connectivity index (χ1) is 13.5. The highest BCUT2D eigenvalue weighted by Crippen LogP contribution is 2.31. The Morgan fingerprint density at radius 1 is 1.07 bits per heavy atom. The van der Waals surface area contributed by atoms with Gasteiger partial charge in [-0.15, -0.1) is 0 Å². The molecule has 1 aliphatic rings. The number of benzene rings is 1. The van der Waals surface area contributed by atoms with Gasteiger partial charge >= 0.3 is 5.69 Å². The van der Waals surface area contributed by atoms with Gasteiger partial charge in [-0.1, -0.05) is 26.2 Å². The third-order valence-corrected chi connectivity index (χ3v) is 5.37. The molecular formula is C20H24FN5O2. The van der Waals surface area contributed by atoms with E-state index < -0.39 is 0 Å². The Hall–Kier alpha value is -2.90. The molecule has 0 atom stereocenters. The van der Waals surface area contributed by atoms with Crippen molar-refractivity contribution in [2.45, 2.75) is 45.7 Å². The van der Waals surface area contributed by atoms with Crippen LogP contribution in [0.25, 0.3) is 11.2 Å². The van der Waals surface area contributed by atoms with Crippen molar-refractivity contribution in [1.29, 1.82) is 0 Å². The molecule has 0 saturated carbocycles. The number of hydrogen-bond donors (Lipinski definition) is 0. The number of hydrogen-bond acceptors (Lipinski definition) is 4. The Balaban J connectivity index is 1.79. The summed E-state index contributed by atoms with van der Waals surface area (Å²) in [6.07, 6.45) is 3.98. The average Bonchev–Trinajstić information content (AvgIpc) is 3.26. The van der Waals surface area contributed by atoms with Crippen LogP contribution in [-0.4, -0.2) is 25.2 Å². The molecule has 0 spiro atoms. The van der Waals surface area contributed by atoms with Crippen LogP contribution in [0.1, 0.15) is 32.6 Å². The van der Waals surface area contributed by atoms with Crippen LogP contribution in [0, 0.1) is 5.82 Å². The van der Waals surface area contributed by atoms with Crippen LogP contribution in [0.5, 0.6) is 0 Å². The van der Waals surface area contributed by atoms with Gasteiger partial charge < -0.3 is 9.47 Å². The van der Waals surface area contributed by atoms with Crippen LogP contribution in [0.2, 0.25) is 0 Å². The van der Waals surface area contributed by atoms with Gasteiger partial charge in [0.2, 0.25) is 5.95 Å². The Kier molecular flexibility index (Phi) is 4.78. The number of rotatable bonds is 6. The predicted molar refractivity (Wildman–Crippen MR) is 107 cm³/mol. The maximum Gasteiger partial charge on any atom is 0.332 e. The smallest absolute Gasteiger partial charge is 0.310 e.